The van der Waals surface area contributed by atoms with Gasteiger partial charge in [0.1, 0.15) is 43.1 Å². The van der Waals surface area contributed by atoms with Crippen LogP contribution in [0.1, 0.15) is 11.4 Å². The molecule has 18 nitrogen and oxygen atoms in total. The summed E-state index contributed by atoms with van der Waals surface area (Å²) < 4.78 is 71.9. The summed E-state index contributed by atoms with van der Waals surface area (Å²) in [6.45, 7) is 3.29. The molecule has 310 valence electrons. The number of aromatic amines is 1. The van der Waals surface area contributed by atoms with Gasteiger partial charge in [-0.2, -0.15) is 9.78 Å². The van der Waals surface area contributed by atoms with E-state index in [1.807, 2.05) is 12.1 Å². The van der Waals surface area contributed by atoms with Gasteiger partial charge >= 0.3 is 59.1 Å². The van der Waals surface area contributed by atoms with Gasteiger partial charge in [0.15, 0.2) is 11.4 Å². The molecule has 0 radical (unpaired) electrons. The monoisotopic (exact) mass is 944 g/mol. The van der Waals surface area contributed by atoms with E-state index in [9.17, 15) is 46.1 Å². The molecule has 0 unspecified atom stereocenters. The number of phenols is 2. The maximum atomic E-state index is 12.7. The molecule has 8 rings (SSSR count). The fourth-order valence-electron chi connectivity index (χ4n) is 6.24. The largest absolute Gasteiger partial charge is 1.00 e. The Morgan fingerprint density at radius 2 is 0.952 bits per heavy atom. The van der Waals surface area contributed by atoms with Crippen LogP contribution in [0.2, 0.25) is 0 Å². The average Bonchev–Trinajstić information content (AvgIpc) is 3.68. The van der Waals surface area contributed by atoms with Gasteiger partial charge in [-0.25, -0.2) is 21.5 Å². The number of para-hydroxylation sites is 2. The van der Waals surface area contributed by atoms with Gasteiger partial charge in [0, 0.05) is 51.0 Å². The molecule has 0 bridgehead atoms. The number of aromatic nitrogens is 4. The van der Waals surface area contributed by atoms with Crippen molar-refractivity contribution in [1.29, 1.82) is 0 Å². The third kappa shape index (κ3) is 10.7. The maximum absolute atomic E-state index is 12.7. The minimum atomic E-state index is -4.82. The molecule has 0 aliphatic rings. The van der Waals surface area contributed by atoms with Crippen LogP contribution in [0.25, 0.3) is 32.9 Å². The molecular formula is C40H30CrN8Na2O10S2. The molecule has 0 spiro atoms. The summed E-state index contributed by atoms with van der Waals surface area (Å²) in [6, 6.07) is 31.7. The molecule has 4 N–H and O–H groups in total. The van der Waals surface area contributed by atoms with Crippen LogP contribution in [-0.4, -0.2) is 60.8 Å². The second-order valence-corrected chi connectivity index (χ2v) is 15.6. The van der Waals surface area contributed by atoms with Crippen molar-refractivity contribution < 1.29 is 118 Å². The number of nitrogens with zero attached hydrogens (tertiary/aromatic N) is 7. The van der Waals surface area contributed by atoms with Crippen LogP contribution in [0.5, 0.6) is 17.4 Å². The Morgan fingerprint density at radius 3 is 1.40 bits per heavy atom. The Hall–Kier alpha value is -4.99. The molecule has 2 heterocycles. The van der Waals surface area contributed by atoms with Crippen LogP contribution in [0.3, 0.4) is 0 Å². The fraction of sp³-hybridized carbons (Fsp3) is 0.0500. The maximum Gasteiger partial charge on any atom is 1.00 e. The van der Waals surface area contributed by atoms with Crippen molar-refractivity contribution in [3.8, 4) is 28.8 Å². The summed E-state index contributed by atoms with van der Waals surface area (Å²) in [7, 11) is -9.63. The van der Waals surface area contributed by atoms with Crippen LogP contribution in [0.4, 0.5) is 22.7 Å². The summed E-state index contributed by atoms with van der Waals surface area (Å²) in [4.78, 5) is 11.6. The van der Waals surface area contributed by atoms with Crippen LogP contribution in [-0.2, 0) is 37.6 Å². The van der Waals surface area contributed by atoms with E-state index in [0.29, 0.717) is 22.8 Å². The van der Waals surface area contributed by atoms with Crippen molar-refractivity contribution in [1.82, 2.24) is 19.6 Å². The summed E-state index contributed by atoms with van der Waals surface area (Å²) in [6.07, 6.45) is 0. The van der Waals surface area contributed by atoms with E-state index in [-0.39, 0.29) is 127 Å². The number of hydrogen-bond donors (Lipinski definition) is 4. The van der Waals surface area contributed by atoms with Gasteiger partial charge in [-0.15, -0.1) is 20.5 Å². The Bertz CT molecular complexity index is 3310. The van der Waals surface area contributed by atoms with E-state index in [1.165, 1.54) is 33.6 Å². The second-order valence-electron chi connectivity index (χ2n) is 13.0. The van der Waals surface area contributed by atoms with Gasteiger partial charge in [-0.3, -0.25) is 9.89 Å². The van der Waals surface area contributed by atoms with Crippen molar-refractivity contribution in [3.63, 3.8) is 0 Å². The van der Waals surface area contributed by atoms with Crippen LogP contribution in [0.15, 0.2) is 156 Å². The zero-order valence-corrected chi connectivity index (χ0v) is 40.5. The molecule has 0 saturated heterocycles. The first kappa shape index (κ1) is 50.7. The molecule has 2 aromatic heterocycles. The van der Waals surface area contributed by atoms with E-state index < -0.39 is 47.1 Å². The first-order chi connectivity index (χ1) is 28.5. The van der Waals surface area contributed by atoms with Crippen molar-refractivity contribution in [2.75, 3.05) is 0 Å². The van der Waals surface area contributed by atoms with Gasteiger partial charge in [0.2, 0.25) is 5.88 Å². The number of hydrogen-bond acceptors (Lipinski definition) is 15. The molecule has 0 aliphatic heterocycles. The normalized spacial score (nSPS) is 11.5. The molecule has 0 saturated carbocycles. The summed E-state index contributed by atoms with van der Waals surface area (Å²) >= 11 is 0. The number of aryl methyl sites for hydroxylation is 2. The molecule has 0 amide bonds. The third-order valence-corrected chi connectivity index (χ3v) is 10.8. The van der Waals surface area contributed by atoms with E-state index in [4.69, 9.17) is 0 Å². The molecule has 6 aromatic carbocycles. The first-order valence-electron chi connectivity index (χ1n) is 17.5. The Labute approximate surface area is 413 Å². The van der Waals surface area contributed by atoms with Gasteiger partial charge in [0.05, 0.1) is 32.6 Å². The van der Waals surface area contributed by atoms with Gasteiger partial charge in [0.25, 0.3) is 5.56 Å². The Balaban J connectivity index is 0.000000264. The van der Waals surface area contributed by atoms with Crippen LogP contribution in [0, 0.1) is 13.8 Å². The number of H-pyrrole nitrogens is 1. The van der Waals surface area contributed by atoms with Gasteiger partial charge in [-0.05, 0) is 38.1 Å². The van der Waals surface area contributed by atoms with E-state index in [0.717, 1.165) is 12.1 Å². The van der Waals surface area contributed by atoms with E-state index in [2.05, 4.69) is 30.7 Å². The number of nitrogens with one attached hydrogen (secondary N) is 1. The number of aromatic hydroxyl groups is 3. The minimum Gasteiger partial charge on any atom is -0.744 e. The zero-order valence-electron chi connectivity index (χ0n) is 33.6. The van der Waals surface area contributed by atoms with Crippen molar-refractivity contribution in [3.05, 3.63) is 143 Å². The molecular weight excluding hydrogens is 915 g/mol. The van der Waals surface area contributed by atoms with Crippen molar-refractivity contribution in [2.45, 2.75) is 23.6 Å². The van der Waals surface area contributed by atoms with Crippen molar-refractivity contribution >= 4 is 64.5 Å². The quantitative estimate of drug-likeness (QED) is 0.0967. The molecule has 0 fully saturated rings. The molecule has 0 atom stereocenters. The van der Waals surface area contributed by atoms with E-state index >= 15 is 0 Å². The fourth-order valence-corrected chi connectivity index (χ4v) is 7.64. The minimum absolute atomic E-state index is 0. The summed E-state index contributed by atoms with van der Waals surface area (Å²) in [5.41, 5.74) is 1.67. The zero-order chi connectivity index (χ0) is 42.9. The predicted octanol–water partition coefficient (Wildman–Crippen LogP) is 1.72. The smallest absolute Gasteiger partial charge is 0.744 e. The van der Waals surface area contributed by atoms with E-state index in [1.54, 1.807) is 86.6 Å². The van der Waals surface area contributed by atoms with Crippen molar-refractivity contribution in [2.24, 2.45) is 20.5 Å². The third-order valence-electron chi connectivity index (χ3n) is 9.02. The predicted molar refractivity (Wildman–Crippen MR) is 217 cm³/mol. The summed E-state index contributed by atoms with van der Waals surface area (Å²) in [5, 5.41) is 55.0. The first-order valence-corrected chi connectivity index (χ1v) is 20.3. The number of rotatable bonds is 8. The molecule has 0 aliphatic carbocycles. The standard InChI is InChI=1S/2C20H16N4O5S.Cr.2Na/c2*1-12-18(20(26)24(23-12)13-7-3-2-4-8-13)21-22-19-15-10-6-5-9-14(15)17(11-16(19)25)30(27,28)29;;;/h2-11,25-26H,1H3,(H,27,28,29);2-11,23,25H,1H3,(H,27,28,29);;;/q;;;2*+1/p-2. The average molecular weight is 945 g/mol. The van der Waals surface area contributed by atoms with Crippen LogP contribution >= 0.6 is 0 Å². The number of fused-ring (bicyclic) bond motifs is 2. The number of phenolic OH excluding ortho intramolecular Hbond substituents is 2. The molecule has 8 aromatic rings. The van der Waals surface area contributed by atoms with Gasteiger partial charge < -0.3 is 24.4 Å². The molecule has 63 heavy (non-hydrogen) atoms. The second kappa shape index (κ2) is 20.7. The number of azo groups is 2. The molecule has 23 heteroatoms. The van der Waals surface area contributed by atoms with Gasteiger partial charge in [-0.1, -0.05) is 84.9 Å². The SMILES string of the molecule is Cc1[nH]n(-c2ccccc2)c(=O)c1N=Nc1c(O)cc(S(=O)(=O)[O-])c2ccccc12.Cc1nn(-c2ccccc2)c(O)c1N=Nc1c(O)cc(S(=O)(=O)[O-])c2ccccc12.[Cr].[Na+].[Na+]. The summed E-state index contributed by atoms with van der Waals surface area (Å²) in [5.74, 6) is -1.31. The Morgan fingerprint density at radius 1 is 0.571 bits per heavy atom. The topological polar surface area (TPSA) is 280 Å². The Kier molecular flexibility index (Phi) is 16.6. The van der Waals surface area contributed by atoms with Crippen LogP contribution < -0.4 is 64.7 Å². The number of benzene rings is 6.